The Kier molecular flexibility index (Phi) is 2.90. The number of hydrogen-bond donors (Lipinski definition) is 1. The highest BCUT2D eigenvalue weighted by Crippen LogP contribution is 2.32. The van der Waals surface area contributed by atoms with E-state index >= 15 is 0 Å². The fourth-order valence-corrected chi connectivity index (χ4v) is 1.04. The topological polar surface area (TPSA) is 44.5 Å². The molecule has 0 saturated heterocycles. The Morgan fingerprint density at radius 2 is 1.71 bits per heavy atom. The van der Waals surface area contributed by atoms with Gasteiger partial charge in [-0.25, -0.2) is 0 Å². The highest BCUT2D eigenvalue weighted by Gasteiger charge is 2.26. The van der Waals surface area contributed by atoms with Gasteiger partial charge in [-0.1, -0.05) is 0 Å². The summed E-state index contributed by atoms with van der Waals surface area (Å²) in [7, 11) is 2.80. The van der Waals surface area contributed by atoms with E-state index in [0.29, 0.717) is 5.75 Å². The van der Waals surface area contributed by atoms with Crippen LogP contribution in [-0.2, 0) is 6.05 Å². The zero-order valence-corrected chi connectivity index (χ0v) is 7.88. The molecule has 0 spiro atoms. The van der Waals surface area contributed by atoms with E-state index in [1.54, 1.807) is 0 Å². The van der Waals surface area contributed by atoms with Gasteiger partial charge >= 0.3 is 6.05 Å². The molecule has 0 fully saturated rings. The molecule has 0 radical (unpaired) electrons. The maximum absolute atomic E-state index is 12.7. The van der Waals surface area contributed by atoms with E-state index < -0.39 is 6.05 Å². The first kappa shape index (κ1) is 10.7. The number of hydrogen-bond acceptors (Lipinski definition) is 3. The van der Waals surface area contributed by atoms with Crippen LogP contribution in [0.2, 0.25) is 0 Å². The van der Waals surface area contributed by atoms with Gasteiger partial charge in [0.1, 0.15) is 0 Å². The van der Waals surface area contributed by atoms with Crippen LogP contribution >= 0.6 is 0 Å². The van der Waals surface area contributed by atoms with Gasteiger partial charge in [-0.3, -0.25) is 5.73 Å². The molecule has 0 aromatic heterocycles. The molecule has 0 heterocycles. The number of methoxy groups -OCH3 is 2. The average molecular weight is 203 g/mol. The summed E-state index contributed by atoms with van der Waals surface area (Å²) in [6.45, 7) is 0. The summed E-state index contributed by atoms with van der Waals surface area (Å²) in [4.78, 5) is 0. The van der Waals surface area contributed by atoms with Crippen molar-refractivity contribution in [2.24, 2.45) is 5.73 Å². The van der Waals surface area contributed by atoms with Crippen LogP contribution in [0.3, 0.4) is 0 Å². The van der Waals surface area contributed by atoms with Crippen molar-refractivity contribution in [1.82, 2.24) is 0 Å². The van der Waals surface area contributed by atoms with Crippen LogP contribution in [-0.4, -0.2) is 14.2 Å². The van der Waals surface area contributed by atoms with Gasteiger partial charge in [0.05, 0.1) is 14.2 Å². The highest BCUT2D eigenvalue weighted by atomic mass is 19.3. The summed E-state index contributed by atoms with van der Waals surface area (Å²) >= 11 is 0. The third kappa shape index (κ3) is 2.11. The first-order chi connectivity index (χ1) is 6.49. The fraction of sp³-hybridized carbons (Fsp3) is 0.333. The zero-order chi connectivity index (χ0) is 10.8. The monoisotopic (exact) mass is 203 g/mol. The van der Waals surface area contributed by atoms with Crippen molar-refractivity contribution in [3.8, 4) is 11.5 Å². The largest absolute Gasteiger partial charge is 0.493 e. The minimum absolute atomic E-state index is 0.232. The van der Waals surface area contributed by atoms with E-state index in [2.05, 4.69) is 5.73 Å². The maximum atomic E-state index is 12.7. The Labute approximate surface area is 80.4 Å². The van der Waals surface area contributed by atoms with Crippen LogP contribution in [0.25, 0.3) is 0 Å². The van der Waals surface area contributed by atoms with E-state index in [4.69, 9.17) is 9.47 Å². The Bertz CT molecular complexity index is 323. The lowest BCUT2D eigenvalue weighted by atomic mass is 10.1. The quantitative estimate of drug-likeness (QED) is 0.760. The molecule has 14 heavy (non-hydrogen) atoms. The van der Waals surface area contributed by atoms with Gasteiger partial charge in [0.2, 0.25) is 0 Å². The molecule has 5 heteroatoms. The third-order valence-electron chi connectivity index (χ3n) is 1.77. The molecule has 1 aromatic rings. The summed E-state index contributed by atoms with van der Waals surface area (Å²) in [5, 5.41) is 0. The molecule has 2 N–H and O–H groups in total. The smallest absolute Gasteiger partial charge is 0.327 e. The second-order valence-electron chi connectivity index (χ2n) is 2.69. The molecule has 0 aliphatic heterocycles. The first-order valence-corrected chi connectivity index (χ1v) is 3.88. The number of rotatable bonds is 3. The predicted octanol–water partition coefficient (Wildman–Crippen LogP) is 1.71. The second kappa shape index (κ2) is 3.79. The molecule has 0 amide bonds. The molecule has 0 aliphatic rings. The molecule has 0 atom stereocenters. The summed E-state index contributed by atoms with van der Waals surface area (Å²) in [6, 6.07) is 0.370. The molecule has 0 bridgehead atoms. The molecular weight excluding hydrogens is 192 g/mol. The minimum Gasteiger partial charge on any atom is -0.493 e. The van der Waals surface area contributed by atoms with Crippen molar-refractivity contribution < 1.29 is 18.3 Å². The number of ether oxygens (including phenoxy) is 2. The van der Waals surface area contributed by atoms with Crippen molar-refractivity contribution in [2.75, 3.05) is 14.2 Å². The lowest BCUT2D eigenvalue weighted by Gasteiger charge is -2.13. The van der Waals surface area contributed by atoms with Crippen molar-refractivity contribution >= 4 is 0 Å². The summed E-state index contributed by atoms with van der Waals surface area (Å²) in [5.74, 6) is 0.621. The predicted molar refractivity (Wildman–Crippen MR) is 47.6 cm³/mol. The number of alkyl halides is 2. The summed E-state index contributed by atoms with van der Waals surface area (Å²) in [6.07, 6.45) is 0. The lowest BCUT2D eigenvalue weighted by Crippen LogP contribution is -2.25. The normalized spacial score (nSPS) is 11.2. The Hall–Kier alpha value is -1.36. The van der Waals surface area contributed by atoms with Crippen LogP contribution < -0.4 is 15.2 Å². The van der Waals surface area contributed by atoms with Gasteiger partial charge in [0.25, 0.3) is 0 Å². The summed E-state index contributed by atoms with van der Waals surface area (Å²) < 4.78 is 35.1. The van der Waals surface area contributed by atoms with Crippen LogP contribution in [0.4, 0.5) is 8.78 Å². The van der Waals surface area contributed by atoms with Crippen LogP contribution in [0.1, 0.15) is 5.56 Å². The molecular formula is C9H11F2NO2. The molecule has 0 unspecified atom stereocenters. The number of halogens is 2. The molecule has 78 valence electrons. The van der Waals surface area contributed by atoms with Gasteiger partial charge in [0, 0.05) is 5.56 Å². The average Bonchev–Trinajstić information content (AvgIpc) is 2.15. The fourth-order valence-electron chi connectivity index (χ4n) is 1.04. The molecule has 1 aromatic carbocycles. The zero-order valence-electron chi connectivity index (χ0n) is 7.88. The van der Waals surface area contributed by atoms with Crippen molar-refractivity contribution in [2.45, 2.75) is 6.05 Å². The Balaban J connectivity index is 3.14. The second-order valence-corrected chi connectivity index (χ2v) is 2.69. The minimum atomic E-state index is -3.36. The molecule has 3 nitrogen and oxygen atoms in total. The van der Waals surface area contributed by atoms with Crippen LogP contribution in [0.15, 0.2) is 18.2 Å². The van der Waals surface area contributed by atoms with Crippen LogP contribution in [0.5, 0.6) is 11.5 Å². The third-order valence-corrected chi connectivity index (χ3v) is 1.77. The van der Waals surface area contributed by atoms with Gasteiger partial charge in [-0.15, -0.1) is 0 Å². The van der Waals surface area contributed by atoms with Gasteiger partial charge in [0.15, 0.2) is 11.5 Å². The van der Waals surface area contributed by atoms with E-state index in [0.717, 1.165) is 6.07 Å². The number of nitrogens with two attached hydrogens (primary N) is 1. The molecule has 0 saturated carbocycles. The highest BCUT2D eigenvalue weighted by molar-refractivity contribution is 5.43. The number of benzene rings is 1. The first-order valence-electron chi connectivity index (χ1n) is 3.88. The van der Waals surface area contributed by atoms with E-state index in [1.807, 2.05) is 0 Å². The standard InChI is InChI=1S/C9H11F2NO2/c1-13-7-4-3-6(9(10,11)12)5-8(7)14-2/h3-5H,12H2,1-2H3. The lowest BCUT2D eigenvalue weighted by molar-refractivity contribution is 0.00274. The molecule has 1 rings (SSSR count). The Morgan fingerprint density at radius 3 is 2.14 bits per heavy atom. The van der Waals surface area contributed by atoms with Crippen molar-refractivity contribution in [1.29, 1.82) is 0 Å². The van der Waals surface area contributed by atoms with E-state index in [1.165, 1.54) is 26.4 Å². The van der Waals surface area contributed by atoms with E-state index in [9.17, 15) is 8.78 Å². The SMILES string of the molecule is COc1ccc(C(N)(F)F)cc1OC. The van der Waals surface area contributed by atoms with E-state index in [-0.39, 0.29) is 11.3 Å². The van der Waals surface area contributed by atoms with Gasteiger partial charge in [-0.05, 0) is 18.2 Å². The Morgan fingerprint density at radius 1 is 1.14 bits per heavy atom. The van der Waals surface area contributed by atoms with Crippen molar-refractivity contribution in [3.63, 3.8) is 0 Å². The van der Waals surface area contributed by atoms with Gasteiger partial charge in [-0.2, -0.15) is 8.78 Å². The van der Waals surface area contributed by atoms with Crippen LogP contribution in [0, 0.1) is 0 Å². The van der Waals surface area contributed by atoms with Crippen molar-refractivity contribution in [3.05, 3.63) is 23.8 Å². The molecule has 0 aliphatic carbocycles. The maximum Gasteiger partial charge on any atom is 0.327 e. The van der Waals surface area contributed by atoms with Gasteiger partial charge < -0.3 is 9.47 Å². The summed E-state index contributed by atoms with van der Waals surface area (Å²) in [5.41, 5.74) is 4.33.